The summed E-state index contributed by atoms with van der Waals surface area (Å²) in [6.45, 7) is 0. The number of rotatable bonds is 3. The Labute approximate surface area is 100 Å². The number of benzene rings is 1. The summed E-state index contributed by atoms with van der Waals surface area (Å²) in [5.74, 6) is -1.97. The number of carbonyl (C=O) groups is 1. The number of carboxylic acid groups (broad SMARTS) is 1. The second-order valence-corrected chi connectivity index (χ2v) is 3.72. The maximum absolute atomic E-state index is 11.0. The summed E-state index contributed by atoms with van der Waals surface area (Å²) in [5.41, 5.74) is 0.500. The molecule has 0 aliphatic rings. The Hall–Kier alpha value is -2.01. The summed E-state index contributed by atoms with van der Waals surface area (Å²) < 4.78 is 9.49. The van der Waals surface area contributed by atoms with E-state index in [1.54, 1.807) is 24.3 Å². The van der Waals surface area contributed by atoms with Crippen LogP contribution in [0.2, 0.25) is 5.02 Å². The summed E-state index contributed by atoms with van der Waals surface area (Å²) in [5, 5.41) is 9.12. The van der Waals surface area contributed by atoms with Gasteiger partial charge in [0.15, 0.2) is 11.5 Å². The van der Waals surface area contributed by atoms with E-state index in [4.69, 9.17) is 21.1 Å². The zero-order valence-corrected chi connectivity index (χ0v) is 9.23. The second kappa shape index (κ2) is 4.47. The van der Waals surface area contributed by atoms with E-state index < -0.39 is 18.2 Å². The van der Waals surface area contributed by atoms with Crippen molar-refractivity contribution >= 4 is 17.6 Å². The molecule has 0 fully saturated rings. The third-order valence-electron chi connectivity index (χ3n) is 2.04. The Morgan fingerprint density at radius 3 is 2.76 bits per heavy atom. The van der Waals surface area contributed by atoms with Gasteiger partial charge in [0.2, 0.25) is 0 Å². The predicted octanol–water partition coefficient (Wildman–Crippen LogP) is 2.18. The molecule has 1 N–H and O–H groups in total. The minimum atomic E-state index is -1.11. The van der Waals surface area contributed by atoms with Crippen LogP contribution < -0.4 is 5.82 Å². The van der Waals surface area contributed by atoms with E-state index in [0.29, 0.717) is 10.6 Å². The molecule has 0 aliphatic carbocycles. The van der Waals surface area contributed by atoms with Crippen molar-refractivity contribution in [3.05, 3.63) is 45.7 Å². The molecule has 0 saturated carbocycles. The molecule has 17 heavy (non-hydrogen) atoms. The van der Waals surface area contributed by atoms with Crippen LogP contribution in [0.3, 0.4) is 0 Å². The van der Waals surface area contributed by atoms with Crippen molar-refractivity contribution in [1.82, 2.24) is 0 Å². The smallest absolute Gasteiger partial charge is 0.481 e. The van der Waals surface area contributed by atoms with Crippen LogP contribution in [0.5, 0.6) is 0 Å². The van der Waals surface area contributed by atoms with Crippen LogP contribution in [0.15, 0.2) is 37.9 Å². The van der Waals surface area contributed by atoms with E-state index in [2.05, 4.69) is 4.42 Å². The van der Waals surface area contributed by atoms with E-state index in [1.165, 1.54) is 0 Å². The van der Waals surface area contributed by atoms with Crippen molar-refractivity contribution in [2.24, 2.45) is 0 Å². The molecule has 0 radical (unpaired) electrons. The van der Waals surface area contributed by atoms with E-state index in [-0.39, 0.29) is 11.5 Å². The van der Waals surface area contributed by atoms with E-state index in [1.807, 2.05) is 0 Å². The maximum atomic E-state index is 11.0. The first-order chi connectivity index (χ1) is 8.06. The second-order valence-electron chi connectivity index (χ2n) is 3.29. The van der Waals surface area contributed by atoms with Crippen LogP contribution in [0, 0.1) is 0 Å². The van der Waals surface area contributed by atoms with Crippen LogP contribution in [-0.4, -0.2) is 11.1 Å². The van der Waals surface area contributed by atoms with Gasteiger partial charge in [-0.05, 0) is 12.1 Å². The highest BCUT2D eigenvalue weighted by Crippen LogP contribution is 2.25. The topological polar surface area (TPSA) is 80.6 Å². The number of halogens is 1. The lowest BCUT2D eigenvalue weighted by atomic mass is 10.1. The molecule has 0 spiro atoms. The molecule has 1 aromatic carbocycles. The highest BCUT2D eigenvalue weighted by Gasteiger charge is 2.17. The Morgan fingerprint density at radius 1 is 1.35 bits per heavy atom. The van der Waals surface area contributed by atoms with Gasteiger partial charge in [0.25, 0.3) is 0 Å². The highest BCUT2D eigenvalue weighted by molar-refractivity contribution is 6.30. The molecule has 1 heterocycles. The summed E-state index contributed by atoms with van der Waals surface area (Å²) in [6.07, 6.45) is -0.423. The van der Waals surface area contributed by atoms with E-state index >= 15 is 0 Å². The van der Waals surface area contributed by atoms with Gasteiger partial charge in [0.05, 0.1) is 0 Å². The van der Waals surface area contributed by atoms with Crippen molar-refractivity contribution in [3.8, 4) is 11.3 Å². The number of hydrogen-bond acceptors (Lipinski definition) is 4. The average Bonchev–Trinajstić information content (AvgIpc) is 2.58. The minimum absolute atomic E-state index is 0.0234. The Morgan fingerprint density at radius 2 is 2.12 bits per heavy atom. The molecule has 2 aromatic rings. The molecule has 0 saturated heterocycles. The fraction of sp³-hybridized carbons (Fsp3) is 0.0909. The lowest BCUT2D eigenvalue weighted by molar-refractivity contribution is -0.136. The average molecular weight is 255 g/mol. The SMILES string of the molecule is O=C(O)Cc1oc(=O)oc1-c1cccc(Cl)c1. The zero-order chi connectivity index (χ0) is 12.4. The van der Waals surface area contributed by atoms with Gasteiger partial charge >= 0.3 is 11.8 Å². The van der Waals surface area contributed by atoms with E-state index in [9.17, 15) is 9.59 Å². The molecular weight excluding hydrogens is 248 g/mol. The first kappa shape index (κ1) is 11.5. The van der Waals surface area contributed by atoms with Crippen LogP contribution in [0.1, 0.15) is 5.76 Å². The fourth-order valence-electron chi connectivity index (χ4n) is 1.41. The summed E-state index contributed by atoms with van der Waals surface area (Å²) >= 11 is 5.79. The number of aliphatic carboxylic acids is 1. The van der Waals surface area contributed by atoms with Gasteiger partial charge in [0, 0.05) is 10.6 Å². The van der Waals surface area contributed by atoms with Crippen molar-refractivity contribution in [2.75, 3.05) is 0 Å². The minimum Gasteiger partial charge on any atom is -0.481 e. The van der Waals surface area contributed by atoms with Gasteiger partial charge in [-0.1, -0.05) is 23.7 Å². The normalized spacial score (nSPS) is 10.4. The standard InChI is InChI=1S/C11H7ClO5/c12-7-3-1-2-6(4-7)10-8(5-9(13)14)16-11(15)17-10/h1-4H,5H2,(H,13,14). The number of carboxylic acids is 1. The Bertz CT molecular complexity index is 610. The predicted molar refractivity (Wildman–Crippen MR) is 59.0 cm³/mol. The molecule has 5 nitrogen and oxygen atoms in total. The van der Waals surface area contributed by atoms with Gasteiger partial charge < -0.3 is 13.9 Å². The molecule has 0 amide bonds. The molecule has 2 rings (SSSR count). The van der Waals surface area contributed by atoms with Gasteiger partial charge in [-0.25, -0.2) is 4.79 Å². The molecule has 0 unspecified atom stereocenters. The molecule has 0 atom stereocenters. The molecule has 88 valence electrons. The Kier molecular flexibility index (Phi) is 3.01. The van der Waals surface area contributed by atoms with Gasteiger partial charge in [-0.3, -0.25) is 4.79 Å². The first-order valence-electron chi connectivity index (χ1n) is 4.67. The molecule has 0 aliphatic heterocycles. The van der Waals surface area contributed by atoms with Gasteiger partial charge in [-0.15, -0.1) is 0 Å². The monoisotopic (exact) mass is 254 g/mol. The van der Waals surface area contributed by atoms with Crippen molar-refractivity contribution < 1.29 is 18.7 Å². The van der Waals surface area contributed by atoms with Crippen LogP contribution >= 0.6 is 11.6 Å². The van der Waals surface area contributed by atoms with Crippen LogP contribution in [-0.2, 0) is 11.2 Å². The quantitative estimate of drug-likeness (QED) is 0.908. The third kappa shape index (κ3) is 2.57. The Balaban J connectivity index is 2.51. The van der Waals surface area contributed by atoms with Gasteiger partial charge in [0.1, 0.15) is 6.42 Å². The maximum Gasteiger partial charge on any atom is 0.519 e. The fourth-order valence-corrected chi connectivity index (χ4v) is 1.60. The highest BCUT2D eigenvalue weighted by atomic mass is 35.5. The van der Waals surface area contributed by atoms with Crippen LogP contribution in [0.4, 0.5) is 0 Å². The summed E-state index contributed by atoms with van der Waals surface area (Å²) in [7, 11) is 0. The molecule has 1 aromatic heterocycles. The lowest BCUT2D eigenvalue weighted by Gasteiger charge is -1.98. The largest absolute Gasteiger partial charge is 0.519 e. The lowest BCUT2D eigenvalue weighted by Crippen LogP contribution is -2.00. The van der Waals surface area contributed by atoms with Gasteiger partial charge in [-0.2, -0.15) is 0 Å². The van der Waals surface area contributed by atoms with Crippen molar-refractivity contribution in [2.45, 2.75) is 6.42 Å². The summed E-state index contributed by atoms with van der Waals surface area (Å²) in [6, 6.07) is 6.51. The van der Waals surface area contributed by atoms with Crippen LogP contribution in [0.25, 0.3) is 11.3 Å². The molecule has 6 heteroatoms. The first-order valence-corrected chi connectivity index (χ1v) is 5.04. The van der Waals surface area contributed by atoms with E-state index in [0.717, 1.165) is 0 Å². The zero-order valence-electron chi connectivity index (χ0n) is 8.47. The number of hydrogen-bond donors (Lipinski definition) is 1. The van der Waals surface area contributed by atoms with Crippen molar-refractivity contribution in [3.63, 3.8) is 0 Å². The summed E-state index contributed by atoms with van der Waals surface area (Å²) in [4.78, 5) is 21.6. The molecule has 0 bridgehead atoms. The molecular formula is C11H7ClO5. The third-order valence-corrected chi connectivity index (χ3v) is 2.28. The van der Waals surface area contributed by atoms with Crippen molar-refractivity contribution in [1.29, 1.82) is 0 Å².